The van der Waals surface area contributed by atoms with Crippen molar-refractivity contribution < 1.29 is 14.3 Å². The number of ketones is 1. The molecular formula is C14H15N5O3S. The van der Waals surface area contributed by atoms with Crippen molar-refractivity contribution in [1.29, 1.82) is 0 Å². The van der Waals surface area contributed by atoms with Gasteiger partial charge in [0.25, 0.3) is 5.91 Å². The number of nitrogens with one attached hydrogen (secondary N) is 1. The number of carbonyl (C=O) groups excluding carboxylic acids is 2. The lowest BCUT2D eigenvalue weighted by Crippen LogP contribution is -2.38. The Kier molecular flexibility index (Phi) is 4.20. The molecule has 120 valence electrons. The first-order chi connectivity index (χ1) is 11.1. The van der Waals surface area contributed by atoms with Crippen LogP contribution in [0.2, 0.25) is 0 Å². The van der Waals surface area contributed by atoms with E-state index in [4.69, 9.17) is 10.5 Å². The predicted molar refractivity (Wildman–Crippen MR) is 85.8 cm³/mol. The number of likely N-dealkylation sites (N-methyl/N-ethyl adjacent to an activating group) is 1. The van der Waals surface area contributed by atoms with Crippen LogP contribution < -0.4 is 15.4 Å². The molecule has 2 aromatic rings. The number of thioether (sulfide) groups is 1. The van der Waals surface area contributed by atoms with E-state index in [1.54, 1.807) is 23.1 Å². The van der Waals surface area contributed by atoms with Gasteiger partial charge in [-0.3, -0.25) is 9.59 Å². The maximum atomic E-state index is 12.3. The van der Waals surface area contributed by atoms with Gasteiger partial charge in [0.05, 0.1) is 11.4 Å². The van der Waals surface area contributed by atoms with Crippen LogP contribution in [0.25, 0.3) is 0 Å². The lowest BCUT2D eigenvalue weighted by molar-refractivity contribution is -0.121. The van der Waals surface area contributed by atoms with Gasteiger partial charge in [0.15, 0.2) is 12.4 Å². The van der Waals surface area contributed by atoms with Crippen molar-refractivity contribution in [2.24, 2.45) is 0 Å². The second-order valence-corrected chi connectivity index (χ2v) is 5.77. The highest BCUT2D eigenvalue weighted by Crippen LogP contribution is 2.33. The highest BCUT2D eigenvalue weighted by Gasteiger charge is 2.25. The average molecular weight is 333 g/mol. The number of aromatic nitrogens is 3. The molecule has 0 unspecified atom stereocenters. The maximum Gasteiger partial charge on any atom is 0.265 e. The second-order valence-electron chi connectivity index (χ2n) is 4.82. The summed E-state index contributed by atoms with van der Waals surface area (Å²) in [5, 5.41) is 6.80. The third-order valence-corrected chi connectivity index (χ3v) is 4.20. The van der Waals surface area contributed by atoms with E-state index in [1.807, 2.05) is 6.92 Å². The number of ether oxygens (including phenoxy) is 1. The Morgan fingerprint density at radius 1 is 1.52 bits per heavy atom. The third-order valence-electron chi connectivity index (χ3n) is 3.35. The van der Waals surface area contributed by atoms with Gasteiger partial charge in [-0.2, -0.15) is 4.98 Å². The fourth-order valence-corrected chi connectivity index (χ4v) is 2.96. The zero-order chi connectivity index (χ0) is 16.4. The van der Waals surface area contributed by atoms with Crippen molar-refractivity contribution in [3.63, 3.8) is 0 Å². The first kappa shape index (κ1) is 15.3. The van der Waals surface area contributed by atoms with Crippen molar-refractivity contribution in [2.45, 2.75) is 12.1 Å². The minimum atomic E-state index is -0.116. The van der Waals surface area contributed by atoms with Gasteiger partial charge in [-0.15, -0.1) is 5.10 Å². The highest BCUT2D eigenvalue weighted by molar-refractivity contribution is 7.99. The number of carbonyl (C=O) groups is 2. The fraction of sp³-hybridized carbons (Fsp3) is 0.286. The number of nitrogen functional groups attached to an aromatic ring is 1. The summed E-state index contributed by atoms with van der Waals surface area (Å²) in [6.07, 6.45) is 0. The molecular weight excluding hydrogens is 318 g/mol. The number of hydrogen-bond acceptors (Lipinski definition) is 7. The third kappa shape index (κ3) is 3.14. The molecule has 0 radical (unpaired) electrons. The molecule has 0 bridgehead atoms. The topological polar surface area (TPSA) is 114 Å². The van der Waals surface area contributed by atoms with E-state index in [2.05, 4.69) is 15.2 Å². The van der Waals surface area contributed by atoms with E-state index < -0.39 is 0 Å². The summed E-state index contributed by atoms with van der Waals surface area (Å²) in [4.78, 5) is 29.7. The summed E-state index contributed by atoms with van der Waals surface area (Å²) in [5.41, 5.74) is 6.57. The number of nitrogens with two attached hydrogens (primary N) is 1. The Morgan fingerprint density at radius 2 is 2.35 bits per heavy atom. The van der Waals surface area contributed by atoms with Crippen molar-refractivity contribution >= 4 is 35.1 Å². The predicted octanol–water partition coefficient (Wildman–Crippen LogP) is 1.11. The minimum absolute atomic E-state index is 0.0240. The van der Waals surface area contributed by atoms with E-state index in [1.165, 1.54) is 11.8 Å². The molecule has 23 heavy (non-hydrogen) atoms. The van der Waals surface area contributed by atoms with Crippen molar-refractivity contribution in [3.05, 3.63) is 23.8 Å². The molecule has 3 rings (SSSR count). The summed E-state index contributed by atoms with van der Waals surface area (Å²) in [7, 11) is 0. The van der Waals surface area contributed by atoms with Crippen LogP contribution in [0.4, 0.5) is 11.6 Å². The van der Waals surface area contributed by atoms with Gasteiger partial charge >= 0.3 is 0 Å². The van der Waals surface area contributed by atoms with Gasteiger partial charge in [-0.1, -0.05) is 11.8 Å². The molecule has 0 fully saturated rings. The molecule has 0 aliphatic carbocycles. The minimum Gasteiger partial charge on any atom is -0.482 e. The Labute approximate surface area is 136 Å². The van der Waals surface area contributed by atoms with E-state index in [0.29, 0.717) is 28.7 Å². The van der Waals surface area contributed by atoms with Crippen LogP contribution in [-0.2, 0) is 4.79 Å². The Hall–Kier alpha value is -2.55. The van der Waals surface area contributed by atoms with Gasteiger partial charge < -0.3 is 15.4 Å². The van der Waals surface area contributed by atoms with Crippen LogP contribution >= 0.6 is 11.8 Å². The van der Waals surface area contributed by atoms with E-state index >= 15 is 0 Å². The van der Waals surface area contributed by atoms with Crippen LogP contribution in [0.3, 0.4) is 0 Å². The fourth-order valence-electron chi connectivity index (χ4n) is 2.26. The number of H-pyrrole nitrogens is 1. The number of aromatic amines is 1. The average Bonchev–Trinajstić information content (AvgIpc) is 2.97. The molecule has 0 atom stereocenters. The quantitative estimate of drug-likeness (QED) is 0.622. The molecule has 1 aliphatic rings. The van der Waals surface area contributed by atoms with Gasteiger partial charge in [0.1, 0.15) is 5.75 Å². The first-order valence-electron chi connectivity index (χ1n) is 6.99. The summed E-state index contributed by atoms with van der Waals surface area (Å²) in [6, 6.07) is 5.09. The Bertz CT molecular complexity index is 761. The van der Waals surface area contributed by atoms with Gasteiger partial charge in [-0.25, -0.2) is 5.10 Å². The normalized spacial score (nSPS) is 13.6. The number of amides is 1. The number of rotatable bonds is 5. The van der Waals surface area contributed by atoms with Crippen molar-refractivity contribution in [2.75, 3.05) is 29.5 Å². The number of benzene rings is 1. The molecule has 1 aliphatic heterocycles. The maximum absolute atomic E-state index is 12.3. The summed E-state index contributed by atoms with van der Waals surface area (Å²) >= 11 is 1.19. The SMILES string of the molecule is CCN1C(=O)COc2ccc(C(=O)CSc3n[nH]c(N)n3)cc21. The number of nitrogens with zero attached hydrogens (tertiary/aromatic N) is 3. The molecule has 9 heteroatoms. The standard InChI is InChI=1S/C14H15N5O3S/c1-2-19-9-5-8(3-4-11(9)22-6-12(19)21)10(20)7-23-14-16-13(15)17-18-14/h3-5H,2,6-7H2,1H3,(H3,15,16,17,18). The van der Waals surface area contributed by atoms with E-state index in [9.17, 15) is 9.59 Å². The lowest BCUT2D eigenvalue weighted by Gasteiger charge is -2.28. The number of Topliss-reactive ketones (excluding diaryl/α,β-unsaturated/α-hetero) is 1. The van der Waals surface area contributed by atoms with Crippen molar-refractivity contribution in [1.82, 2.24) is 15.2 Å². The summed E-state index contributed by atoms with van der Waals surface area (Å²) in [6.45, 7) is 2.43. The monoisotopic (exact) mass is 333 g/mol. The van der Waals surface area contributed by atoms with Crippen LogP contribution in [0.1, 0.15) is 17.3 Å². The molecule has 0 saturated heterocycles. The van der Waals surface area contributed by atoms with Crippen LogP contribution in [-0.4, -0.2) is 45.8 Å². The number of hydrogen-bond donors (Lipinski definition) is 2. The zero-order valence-electron chi connectivity index (χ0n) is 12.4. The first-order valence-corrected chi connectivity index (χ1v) is 7.98. The highest BCUT2D eigenvalue weighted by atomic mass is 32.2. The molecule has 3 N–H and O–H groups in total. The van der Waals surface area contributed by atoms with Crippen LogP contribution in [0, 0.1) is 0 Å². The molecule has 2 heterocycles. The van der Waals surface area contributed by atoms with Crippen molar-refractivity contribution in [3.8, 4) is 5.75 Å². The molecule has 0 saturated carbocycles. The lowest BCUT2D eigenvalue weighted by atomic mass is 10.1. The molecule has 0 spiro atoms. The second kappa shape index (κ2) is 6.29. The summed E-state index contributed by atoms with van der Waals surface area (Å²) in [5.74, 6) is 0.794. The molecule has 1 aromatic carbocycles. The molecule has 1 amide bonds. The summed E-state index contributed by atoms with van der Waals surface area (Å²) < 4.78 is 5.39. The Morgan fingerprint density at radius 3 is 3.04 bits per heavy atom. The van der Waals surface area contributed by atoms with Gasteiger partial charge in [-0.05, 0) is 25.1 Å². The number of anilines is 2. The van der Waals surface area contributed by atoms with Crippen LogP contribution in [0.5, 0.6) is 5.75 Å². The Balaban J connectivity index is 1.76. The van der Waals surface area contributed by atoms with E-state index in [0.717, 1.165) is 0 Å². The van der Waals surface area contributed by atoms with Crippen LogP contribution in [0.15, 0.2) is 23.4 Å². The van der Waals surface area contributed by atoms with Gasteiger partial charge in [0.2, 0.25) is 11.1 Å². The number of fused-ring (bicyclic) bond motifs is 1. The molecule has 8 nitrogen and oxygen atoms in total. The smallest absolute Gasteiger partial charge is 0.265 e. The van der Waals surface area contributed by atoms with Gasteiger partial charge in [0, 0.05) is 12.1 Å². The largest absolute Gasteiger partial charge is 0.482 e. The molecule has 1 aromatic heterocycles. The van der Waals surface area contributed by atoms with E-state index in [-0.39, 0.29) is 30.0 Å². The zero-order valence-corrected chi connectivity index (χ0v) is 13.2.